The number of hydrogen-bond acceptors (Lipinski definition) is 8. The third-order valence-electron chi connectivity index (χ3n) is 9.14. The molecule has 0 unspecified atom stereocenters. The van der Waals surface area contributed by atoms with Gasteiger partial charge >= 0.3 is 6.09 Å². The lowest BCUT2D eigenvalue weighted by molar-refractivity contribution is 0.00836. The first-order chi connectivity index (χ1) is 28.1. The lowest BCUT2D eigenvalue weighted by Gasteiger charge is -2.32. The van der Waals surface area contributed by atoms with Gasteiger partial charge in [-0.1, -0.05) is 61.5 Å². The molecule has 0 aliphatic rings. The Balaban J connectivity index is 1.73. The van der Waals surface area contributed by atoms with Crippen molar-refractivity contribution in [2.75, 3.05) is 26.7 Å². The molecule has 0 aliphatic carbocycles. The molecule has 3 amide bonds. The first-order valence-corrected chi connectivity index (χ1v) is 19.8. The molecular formula is C46H56F2N4O7. The topological polar surface area (TPSA) is 130 Å². The van der Waals surface area contributed by atoms with Crippen molar-refractivity contribution in [1.29, 1.82) is 0 Å². The molecule has 0 spiro atoms. The van der Waals surface area contributed by atoms with E-state index in [0.717, 1.165) is 36.6 Å². The number of aliphatic hydroxyl groups excluding tert-OH is 1. The van der Waals surface area contributed by atoms with Gasteiger partial charge in [0.2, 0.25) is 0 Å². The number of rotatable bonds is 19. The molecule has 13 heteroatoms. The lowest BCUT2D eigenvalue weighted by atomic mass is 9.98. The van der Waals surface area contributed by atoms with Crippen molar-refractivity contribution in [3.05, 3.63) is 136 Å². The molecule has 11 nitrogen and oxygen atoms in total. The number of nitrogens with one attached hydrogen (secondary N) is 1. The van der Waals surface area contributed by atoms with E-state index in [1.807, 2.05) is 44.2 Å². The Bertz CT molecular complexity index is 2030. The molecule has 2 atom stereocenters. The predicted octanol–water partition coefficient (Wildman–Crippen LogP) is 8.32. The second-order valence-electron chi connectivity index (χ2n) is 15.4. The molecule has 0 saturated heterocycles. The molecule has 0 radical (unpaired) electrons. The number of aliphatic hydroxyl groups is 1. The van der Waals surface area contributed by atoms with E-state index in [2.05, 4.69) is 10.5 Å². The zero-order valence-corrected chi connectivity index (χ0v) is 35.0. The summed E-state index contributed by atoms with van der Waals surface area (Å²) in [6, 6.07) is 22.9. The SMILES string of the molecule is CCCN(CCC)C(=O)c1cc(C(=O)N[C@@H](Cc2cc(F)cc(F)c2)[C@H](O)CN(Cc2cccc(OC)c2)C(=O)OC(C)(C)C)cc(/C(C)=N/OCc2ccccc2)c1. The van der Waals surface area contributed by atoms with Gasteiger partial charge in [-0.15, -0.1) is 0 Å². The maximum atomic E-state index is 14.5. The van der Waals surface area contributed by atoms with E-state index in [1.54, 1.807) is 69.0 Å². The van der Waals surface area contributed by atoms with Gasteiger partial charge in [0, 0.05) is 42.4 Å². The number of carbonyl (C=O) groups is 3. The van der Waals surface area contributed by atoms with Gasteiger partial charge in [-0.25, -0.2) is 13.6 Å². The van der Waals surface area contributed by atoms with Crippen LogP contribution in [0.1, 0.15) is 97.4 Å². The van der Waals surface area contributed by atoms with Gasteiger partial charge in [0.25, 0.3) is 11.8 Å². The molecule has 59 heavy (non-hydrogen) atoms. The van der Waals surface area contributed by atoms with Crippen molar-refractivity contribution in [2.24, 2.45) is 5.16 Å². The molecule has 4 aromatic carbocycles. The third kappa shape index (κ3) is 14.5. The van der Waals surface area contributed by atoms with Crippen molar-refractivity contribution >= 4 is 23.6 Å². The normalized spacial score (nSPS) is 12.6. The highest BCUT2D eigenvalue weighted by atomic mass is 19.1. The number of ether oxygens (including phenoxy) is 2. The van der Waals surface area contributed by atoms with Crippen LogP contribution in [-0.2, 0) is 29.1 Å². The maximum Gasteiger partial charge on any atom is 0.410 e. The Hall–Kier alpha value is -5.82. The van der Waals surface area contributed by atoms with Gasteiger partial charge in [0.1, 0.15) is 29.6 Å². The summed E-state index contributed by atoms with van der Waals surface area (Å²) < 4.78 is 40.0. The first kappa shape index (κ1) is 45.9. The van der Waals surface area contributed by atoms with Crippen LogP contribution in [0.15, 0.2) is 96.2 Å². The number of nitrogens with zero attached hydrogens (tertiary/aromatic N) is 3. The number of hydrogen-bond donors (Lipinski definition) is 2. The molecule has 0 fully saturated rings. The number of oxime groups is 1. The van der Waals surface area contributed by atoms with Crippen molar-refractivity contribution in [3.8, 4) is 5.75 Å². The number of carbonyl (C=O) groups excluding carboxylic acids is 3. The van der Waals surface area contributed by atoms with Crippen LogP contribution in [0.4, 0.5) is 13.6 Å². The summed E-state index contributed by atoms with van der Waals surface area (Å²) >= 11 is 0. The Morgan fingerprint density at radius 1 is 0.797 bits per heavy atom. The monoisotopic (exact) mass is 814 g/mol. The second-order valence-corrected chi connectivity index (χ2v) is 15.4. The molecule has 0 bridgehead atoms. The van der Waals surface area contributed by atoms with Crippen molar-refractivity contribution in [3.63, 3.8) is 0 Å². The number of halogens is 2. The summed E-state index contributed by atoms with van der Waals surface area (Å²) in [5, 5.41) is 19.0. The quantitative estimate of drug-likeness (QED) is 0.0720. The summed E-state index contributed by atoms with van der Waals surface area (Å²) in [5.74, 6) is -2.08. The second kappa shape index (κ2) is 21.8. The van der Waals surface area contributed by atoms with Crippen LogP contribution in [0.2, 0.25) is 0 Å². The zero-order valence-electron chi connectivity index (χ0n) is 35.0. The van der Waals surface area contributed by atoms with Crippen molar-refractivity contribution < 1.29 is 42.6 Å². The van der Waals surface area contributed by atoms with Gasteiger partial charge in [-0.2, -0.15) is 0 Å². The van der Waals surface area contributed by atoms with E-state index < -0.39 is 41.4 Å². The van der Waals surface area contributed by atoms with E-state index in [-0.39, 0.29) is 48.7 Å². The third-order valence-corrected chi connectivity index (χ3v) is 9.14. The van der Waals surface area contributed by atoms with Gasteiger partial charge in [0.15, 0.2) is 0 Å². The number of amides is 3. The molecule has 0 heterocycles. The summed E-state index contributed by atoms with van der Waals surface area (Å²) in [6.45, 7) is 11.7. The Kier molecular flexibility index (Phi) is 17.0. The van der Waals surface area contributed by atoms with Crippen LogP contribution in [0.3, 0.4) is 0 Å². The summed E-state index contributed by atoms with van der Waals surface area (Å²) in [7, 11) is 1.52. The van der Waals surface area contributed by atoms with E-state index in [4.69, 9.17) is 14.3 Å². The van der Waals surface area contributed by atoms with E-state index in [9.17, 15) is 28.3 Å². The highest BCUT2D eigenvalue weighted by Gasteiger charge is 2.30. The average Bonchev–Trinajstić information content (AvgIpc) is 3.19. The van der Waals surface area contributed by atoms with Crippen LogP contribution in [-0.4, -0.2) is 83.0 Å². The Morgan fingerprint density at radius 3 is 2.05 bits per heavy atom. The summed E-state index contributed by atoms with van der Waals surface area (Å²) in [4.78, 5) is 50.5. The van der Waals surface area contributed by atoms with E-state index >= 15 is 0 Å². The highest BCUT2D eigenvalue weighted by Crippen LogP contribution is 2.21. The molecule has 4 aromatic rings. The van der Waals surface area contributed by atoms with Crippen LogP contribution in [0.25, 0.3) is 0 Å². The minimum absolute atomic E-state index is 0.00290. The van der Waals surface area contributed by atoms with Crippen LogP contribution >= 0.6 is 0 Å². The molecule has 316 valence electrons. The average molecular weight is 815 g/mol. The van der Waals surface area contributed by atoms with Gasteiger partial charge in [-0.05, 0) is 106 Å². The Labute approximate surface area is 346 Å². The minimum Gasteiger partial charge on any atom is -0.497 e. The minimum atomic E-state index is -1.48. The van der Waals surface area contributed by atoms with E-state index in [1.165, 1.54) is 18.1 Å². The van der Waals surface area contributed by atoms with Crippen LogP contribution in [0, 0.1) is 11.6 Å². The van der Waals surface area contributed by atoms with Gasteiger partial charge < -0.3 is 34.5 Å². The number of benzene rings is 4. The molecule has 0 saturated carbocycles. The fourth-order valence-corrected chi connectivity index (χ4v) is 6.35. The zero-order chi connectivity index (χ0) is 43.1. The molecule has 0 aromatic heterocycles. The highest BCUT2D eigenvalue weighted by molar-refractivity contribution is 6.06. The smallest absolute Gasteiger partial charge is 0.410 e. The summed E-state index contributed by atoms with van der Waals surface area (Å²) in [5.41, 5.74) is 2.01. The van der Waals surface area contributed by atoms with Gasteiger partial charge in [0.05, 0.1) is 31.5 Å². The van der Waals surface area contributed by atoms with Crippen molar-refractivity contribution in [2.45, 2.75) is 91.7 Å². The van der Waals surface area contributed by atoms with E-state index in [0.29, 0.717) is 35.7 Å². The van der Waals surface area contributed by atoms with Crippen LogP contribution in [0.5, 0.6) is 5.75 Å². The fraction of sp³-hybridized carbons (Fsp3) is 0.391. The standard InChI is InChI=1S/C46H56F2N4O7/c1-8-18-51(19-9-2)44(55)37-25-35(31(3)50-58-30-32-14-11-10-12-15-32)24-36(26-37)43(54)49-41(23-34-20-38(47)27-39(48)21-34)42(53)29-52(45(56)59-46(4,5)6)28-33-16-13-17-40(22-33)57-7/h10-17,20-22,24-27,41-42,53H,8-9,18-19,23,28-30H2,1-7H3,(H,49,54)/b50-31+/t41-,42+/m0/s1. The molecule has 2 N–H and O–H groups in total. The number of methoxy groups -OCH3 is 1. The molecule has 0 aliphatic heterocycles. The Morgan fingerprint density at radius 2 is 1.42 bits per heavy atom. The fourth-order valence-electron chi connectivity index (χ4n) is 6.35. The van der Waals surface area contributed by atoms with Crippen LogP contribution < -0.4 is 10.1 Å². The van der Waals surface area contributed by atoms with Crippen molar-refractivity contribution in [1.82, 2.24) is 15.1 Å². The van der Waals surface area contributed by atoms with Gasteiger partial charge in [-0.3, -0.25) is 9.59 Å². The first-order valence-electron chi connectivity index (χ1n) is 19.8. The maximum absolute atomic E-state index is 14.5. The molecule has 4 rings (SSSR count). The summed E-state index contributed by atoms with van der Waals surface area (Å²) in [6.07, 6.45) is -0.976. The molecular weight excluding hydrogens is 759 g/mol. The predicted molar refractivity (Wildman–Crippen MR) is 223 cm³/mol. The lowest BCUT2D eigenvalue weighted by Crippen LogP contribution is -2.51. The largest absolute Gasteiger partial charge is 0.497 e.